The second kappa shape index (κ2) is 6.19. The van der Waals surface area contributed by atoms with Crippen LogP contribution in [0.2, 0.25) is 5.02 Å². The van der Waals surface area contributed by atoms with E-state index >= 15 is 0 Å². The summed E-state index contributed by atoms with van der Waals surface area (Å²) in [6, 6.07) is 10.0. The normalized spacial score (nSPS) is 10.4. The molecule has 0 saturated heterocycles. The van der Waals surface area contributed by atoms with Gasteiger partial charge in [0.2, 0.25) is 0 Å². The molecule has 0 aromatic heterocycles. The molecule has 3 heteroatoms. The Morgan fingerprint density at radius 1 is 1.00 bits per heavy atom. The van der Waals surface area contributed by atoms with Crippen LogP contribution in [0.4, 0.5) is 5.69 Å². The number of halogens is 1. The number of methoxy groups -OCH3 is 1. The molecule has 0 aliphatic carbocycles. The Kier molecular flexibility index (Phi) is 4.56. The van der Waals surface area contributed by atoms with Gasteiger partial charge < -0.3 is 10.1 Å². The van der Waals surface area contributed by atoms with Crippen LogP contribution in [0.5, 0.6) is 5.75 Å². The lowest BCUT2D eigenvalue weighted by atomic mass is 10.0. The quantitative estimate of drug-likeness (QED) is 0.865. The summed E-state index contributed by atoms with van der Waals surface area (Å²) in [5, 5.41) is 4.24. The molecule has 0 amide bonds. The van der Waals surface area contributed by atoms with Crippen molar-refractivity contribution in [3.8, 4) is 5.75 Å². The van der Waals surface area contributed by atoms with Crippen LogP contribution in [0.1, 0.15) is 22.3 Å². The van der Waals surface area contributed by atoms with Gasteiger partial charge in [0.1, 0.15) is 5.75 Å². The number of hydrogen-bond acceptors (Lipinski definition) is 2. The molecule has 2 aromatic carbocycles. The fraction of sp³-hybridized carbons (Fsp3) is 0.294. The van der Waals surface area contributed by atoms with Crippen molar-refractivity contribution in [1.29, 1.82) is 0 Å². The van der Waals surface area contributed by atoms with Crippen molar-refractivity contribution >= 4 is 17.3 Å². The van der Waals surface area contributed by atoms with E-state index in [1.54, 1.807) is 7.11 Å². The summed E-state index contributed by atoms with van der Waals surface area (Å²) in [5.74, 6) is 0.935. The number of nitrogens with one attached hydrogen (secondary N) is 1. The van der Waals surface area contributed by atoms with E-state index in [1.165, 1.54) is 16.7 Å². The highest BCUT2D eigenvalue weighted by atomic mass is 35.5. The van der Waals surface area contributed by atoms with Crippen molar-refractivity contribution in [2.24, 2.45) is 0 Å². The van der Waals surface area contributed by atoms with E-state index in [2.05, 4.69) is 25.2 Å². The zero-order chi connectivity index (χ0) is 14.7. The summed E-state index contributed by atoms with van der Waals surface area (Å²) in [5.41, 5.74) is 5.87. The molecular weight excluding hydrogens is 270 g/mol. The molecule has 2 aromatic rings. The van der Waals surface area contributed by atoms with Gasteiger partial charge in [0.25, 0.3) is 0 Å². The van der Waals surface area contributed by atoms with Gasteiger partial charge in [-0.05, 0) is 61.2 Å². The third kappa shape index (κ3) is 2.91. The molecule has 0 unspecified atom stereocenters. The molecule has 0 bridgehead atoms. The van der Waals surface area contributed by atoms with Crippen LogP contribution >= 0.6 is 11.6 Å². The highest BCUT2D eigenvalue weighted by Gasteiger charge is 2.07. The van der Waals surface area contributed by atoms with E-state index in [0.717, 1.165) is 28.6 Å². The lowest BCUT2D eigenvalue weighted by molar-refractivity contribution is 0.411. The highest BCUT2D eigenvalue weighted by molar-refractivity contribution is 6.31. The first kappa shape index (κ1) is 14.7. The van der Waals surface area contributed by atoms with Gasteiger partial charge in [-0.3, -0.25) is 0 Å². The van der Waals surface area contributed by atoms with Gasteiger partial charge >= 0.3 is 0 Å². The number of benzene rings is 2. The minimum atomic E-state index is 0.776. The second-order valence-electron chi connectivity index (χ2n) is 4.94. The summed E-state index contributed by atoms with van der Waals surface area (Å²) in [6.45, 7) is 7.01. The summed E-state index contributed by atoms with van der Waals surface area (Å²) in [4.78, 5) is 0. The zero-order valence-electron chi connectivity index (χ0n) is 12.4. The molecule has 1 N–H and O–H groups in total. The van der Waals surface area contributed by atoms with Crippen LogP contribution in [0.15, 0.2) is 30.3 Å². The van der Waals surface area contributed by atoms with Crippen LogP contribution < -0.4 is 10.1 Å². The van der Waals surface area contributed by atoms with E-state index in [4.69, 9.17) is 16.3 Å². The van der Waals surface area contributed by atoms with Crippen LogP contribution in [0, 0.1) is 20.8 Å². The second-order valence-corrected chi connectivity index (χ2v) is 5.35. The lowest BCUT2D eigenvalue weighted by Gasteiger charge is -2.15. The molecule has 0 fully saturated rings. The number of hydrogen-bond donors (Lipinski definition) is 1. The predicted octanol–water partition coefficient (Wildman–Crippen LogP) is 4.89. The fourth-order valence-corrected chi connectivity index (χ4v) is 2.43. The van der Waals surface area contributed by atoms with Crippen molar-refractivity contribution in [3.05, 3.63) is 57.6 Å². The molecule has 2 nitrogen and oxygen atoms in total. The van der Waals surface area contributed by atoms with Gasteiger partial charge in [0.15, 0.2) is 0 Å². The van der Waals surface area contributed by atoms with Gasteiger partial charge in [-0.2, -0.15) is 0 Å². The fourth-order valence-electron chi connectivity index (χ4n) is 2.25. The first-order valence-corrected chi connectivity index (χ1v) is 7.04. The molecular formula is C17H20ClNO. The average molecular weight is 290 g/mol. The lowest BCUT2D eigenvalue weighted by Crippen LogP contribution is -2.04. The maximum Gasteiger partial charge on any atom is 0.122 e. The third-order valence-electron chi connectivity index (χ3n) is 3.81. The SMILES string of the molecule is COc1ccc(CNc2cccc(Cl)c2C)c(C)c1C. The standard InChI is InChI=1S/C17H20ClNO/c1-11-12(2)17(20-4)9-8-14(11)10-19-16-7-5-6-15(18)13(16)3/h5-9,19H,10H2,1-4H3. The van der Waals surface area contributed by atoms with Crippen LogP contribution in [0.25, 0.3) is 0 Å². The Morgan fingerprint density at radius 2 is 1.75 bits per heavy atom. The highest BCUT2D eigenvalue weighted by Crippen LogP contribution is 2.26. The molecule has 0 radical (unpaired) electrons. The molecule has 0 heterocycles. The minimum Gasteiger partial charge on any atom is -0.496 e. The van der Waals surface area contributed by atoms with Crippen molar-refractivity contribution < 1.29 is 4.74 Å². The minimum absolute atomic E-state index is 0.776. The number of anilines is 1. The Hall–Kier alpha value is -1.67. The Bertz CT molecular complexity index is 623. The van der Waals surface area contributed by atoms with Gasteiger partial charge in [-0.1, -0.05) is 23.7 Å². The molecule has 0 aliphatic rings. The predicted molar refractivity (Wildman–Crippen MR) is 86.0 cm³/mol. The third-order valence-corrected chi connectivity index (χ3v) is 4.22. The number of ether oxygens (including phenoxy) is 1. The molecule has 0 spiro atoms. The van der Waals surface area contributed by atoms with Crippen molar-refractivity contribution in [3.63, 3.8) is 0 Å². The average Bonchev–Trinajstić information content (AvgIpc) is 2.44. The van der Waals surface area contributed by atoms with E-state index < -0.39 is 0 Å². The maximum atomic E-state index is 6.14. The largest absolute Gasteiger partial charge is 0.496 e. The molecule has 106 valence electrons. The van der Waals surface area contributed by atoms with Crippen molar-refractivity contribution in [2.45, 2.75) is 27.3 Å². The molecule has 0 saturated carbocycles. The van der Waals surface area contributed by atoms with Gasteiger partial charge in [-0.15, -0.1) is 0 Å². The van der Waals surface area contributed by atoms with Crippen LogP contribution in [-0.4, -0.2) is 7.11 Å². The van der Waals surface area contributed by atoms with Gasteiger partial charge in [-0.25, -0.2) is 0 Å². The Labute approximate surface area is 125 Å². The van der Waals surface area contributed by atoms with Crippen LogP contribution in [0.3, 0.4) is 0 Å². The molecule has 20 heavy (non-hydrogen) atoms. The Morgan fingerprint density at radius 3 is 2.45 bits per heavy atom. The zero-order valence-corrected chi connectivity index (χ0v) is 13.1. The first-order valence-electron chi connectivity index (χ1n) is 6.66. The smallest absolute Gasteiger partial charge is 0.122 e. The summed E-state index contributed by atoms with van der Waals surface area (Å²) >= 11 is 6.14. The summed E-state index contributed by atoms with van der Waals surface area (Å²) < 4.78 is 5.34. The molecule has 2 rings (SSSR count). The van der Waals surface area contributed by atoms with E-state index in [9.17, 15) is 0 Å². The summed E-state index contributed by atoms with van der Waals surface area (Å²) in [7, 11) is 1.70. The van der Waals surface area contributed by atoms with Gasteiger partial charge in [0, 0.05) is 17.3 Å². The number of rotatable bonds is 4. The van der Waals surface area contributed by atoms with Crippen LogP contribution in [-0.2, 0) is 6.54 Å². The van der Waals surface area contributed by atoms with E-state index in [0.29, 0.717) is 0 Å². The van der Waals surface area contributed by atoms with E-state index in [-0.39, 0.29) is 0 Å². The first-order chi connectivity index (χ1) is 9.54. The monoisotopic (exact) mass is 289 g/mol. The topological polar surface area (TPSA) is 21.3 Å². The van der Waals surface area contributed by atoms with E-state index in [1.807, 2.05) is 31.2 Å². The van der Waals surface area contributed by atoms with Crippen molar-refractivity contribution in [1.82, 2.24) is 0 Å². The maximum absolute atomic E-state index is 6.14. The van der Waals surface area contributed by atoms with Gasteiger partial charge in [0.05, 0.1) is 7.11 Å². The van der Waals surface area contributed by atoms with Crippen molar-refractivity contribution in [2.75, 3.05) is 12.4 Å². The Balaban J connectivity index is 2.19. The summed E-state index contributed by atoms with van der Waals surface area (Å²) in [6.07, 6.45) is 0. The molecule has 0 atom stereocenters. The molecule has 0 aliphatic heterocycles.